The van der Waals surface area contributed by atoms with Crippen LogP contribution >= 0.6 is 11.8 Å². The highest BCUT2D eigenvalue weighted by atomic mass is 32.3. The zero-order valence-corrected chi connectivity index (χ0v) is 17.2. The van der Waals surface area contributed by atoms with Crippen molar-refractivity contribution in [3.8, 4) is 0 Å². The van der Waals surface area contributed by atoms with Crippen molar-refractivity contribution in [1.29, 1.82) is 0 Å². The van der Waals surface area contributed by atoms with Crippen molar-refractivity contribution in [1.82, 2.24) is 0 Å². The molecule has 0 spiro atoms. The minimum atomic E-state index is -3.34. The van der Waals surface area contributed by atoms with Crippen molar-refractivity contribution in [2.45, 2.75) is 64.4 Å². The molecule has 0 bridgehead atoms. The molecule has 0 aromatic heterocycles. The number of benzene rings is 1. The zero-order chi connectivity index (χ0) is 17.8. The van der Waals surface area contributed by atoms with E-state index in [-0.39, 0.29) is 11.3 Å². The third-order valence-electron chi connectivity index (χ3n) is 4.67. The van der Waals surface area contributed by atoms with Gasteiger partial charge in [-0.3, -0.25) is 0 Å². The monoisotopic (exact) mass is 356 g/mol. The van der Waals surface area contributed by atoms with Gasteiger partial charge in [-0.25, -0.2) is 8.42 Å². The van der Waals surface area contributed by atoms with Crippen molar-refractivity contribution < 1.29 is 8.42 Å². The standard InChI is InChI=1S/C19H32O2S2/c1-8-14(2)13-22-18(16(4)19(5,6)7)23(20,21)17-11-9-15(3)10-12-17/h9-12,14,16,18H,8,13H2,1-7H3/t14?,16-,18+/m0/s1. The maximum atomic E-state index is 13.2. The minimum Gasteiger partial charge on any atom is -0.223 e. The molecule has 1 unspecified atom stereocenters. The molecule has 0 aliphatic heterocycles. The number of aryl methyl sites for hydroxylation is 1. The first-order valence-corrected chi connectivity index (χ1v) is 11.0. The Bertz CT molecular complexity index is 583. The molecule has 0 fully saturated rings. The van der Waals surface area contributed by atoms with Gasteiger partial charge >= 0.3 is 0 Å². The lowest BCUT2D eigenvalue weighted by Gasteiger charge is -2.34. The molecule has 0 heterocycles. The highest BCUT2D eigenvalue weighted by molar-refractivity contribution is 8.13. The molecule has 0 amide bonds. The van der Waals surface area contributed by atoms with Gasteiger partial charge in [0.25, 0.3) is 0 Å². The summed E-state index contributed by atoms with van der Waals surface area (Å²) in [5.41, 5.74) is 1.03. The van der Waals surface area contributed by atoms with Crippen LogP contribution in [-0.4, -0.2) is 18.8 Å². The summed E-state index contributed by atoms with van der Waals surface area (Å²) in [6.45, 7) is 14.8. The topological polar surface area (TPSA) is 34.1 Å². The average molecular weight is 357 g/mol. The number of sulfone groups is 1. The second-order valence-corrected chi connectivity index (χ2v) is 11.3. The lowest BCUT2D eigenvalue weighted by molar-refractivity contribution is 0.276. The molecule has 0 saturated carbocycles. The molecule has 0 saturated heterocycles. The van der Waals surface area contributed by atoms with Crippen LogP contribution in [-0.2, 0) is 9.84 Å². The van der Waals surface area contributed by atoms with Crippen LogP contribution in [0, 0.1) is 24.2 Å². The molecular weight excluding hydrogens is 324 g/mol. The van der Waals surface area contributed by atoms with Crippen molar-refractivity contribution >= 4 is 21.6 Å². The highest BCUT2D eigenvalue weighted by Crippen LogP contribution is 2.40. The molecule has 4 heteroatoms. The Morgan fingerprint density at radius 3 is 2.04 bits per heavy atom. The largest absolute Gasteiger partial charge is 0.223 e. The van der Waals surface area contributed by atoms with Gasteiger partial charge < -0.3 is 0 Å². The van der Waals surface area contributed by atoms with E-state index in [1.165, 1.54) is 0 Å². The summed E-state index contributed by atoms with van der Waals surface area (Å²) < 4.78 is 26.0. The van der Waals surface area contributed by atoms with E-state index in [1.807, 2.05) is 19.1 Å². The normalized spacial score (nSPS) is 16.8. The van der Waals surface area contributed by atoms with Gasteiger partial charge in [-0.2, -0.15) is 0 Å². The molecule has 3 atom stereocenters. The summed E-state index contributed by atoms with van der Waals surface area (Å²) in [7, 11) is -3.34. The minimum absolute atomic E-state index is 0.0507. The highest BCUT2D eigenvalue weighted by Gasteiger charge is 2.38. The van der Waals surface area contributed by atoms with Crippen LogP contribution in [0.1, 0.15) is 53.5 Å². The van der Waals surface area contributed by atoms with Crippen LogP contribution in [0.15, 0.2) is 29.2 Å². The molecule has 0 aliphatic carbocycles. The van der Waals surface area contributed by atoms with Gasteiger partial charge in [0.2, 0.25) is 0 Å². The maximum absolute atomic E-state index is 13.2. The van der Waals surface area contributed by atoms with Gasteiger partial charge in [0, 0.05) is 0 Å². The molecule has 1 rings (SSSR count). The Morgan fingerprint density at radius 1 is 1.09 bits per heavy atom. The van der Waals surface area contributed by atoms with E-state index in [0.29, 0.717) is 10.8 Å². The lowest BCUT2D eigenvalue weighted by atomic mass is 9.83. The molecule has 0 N–H and O–H groups in total. The third kappa shape index (κ3) is 5.53. The molecule has 23 heavy (non-hydrogen) atoms. The first kappa shape index (κ1) is 20.6. The smallest absolute Gasteiger partial charge is 0.190 e. The summed E-state index contributed by atoms with van der Waals surface area (Å²) in [6.07, 6.45) is 1.08. The van der Waals surface area contributed by atoms with Crippen molar-refractivity contribution in [2.75, 3.05) is 5.75 Å². The fraction of sp³-hybridized carbons (Fsp3) is 0.684. The fourth-order valence-electron chi connectivity index (χ4n) is 2.15. The van der Waals surface area contributed by atoms with Crippen LogP contribution < -0.4 is 0 Å². The van der Waals surface area contributed by atoms with Crippen LogP contribution in [0.3, 0.4) is 0 Å². The Hall–Kier alpha value is -0.480. The number of rotatable bonds is 7. The first-order chi connectivity index (χ1) is 10.5. The first-order valence-electron chi connectivity index (χ1n) is 8.42. The molecule has 0 radical (unpaired) electrons. The zero-order valence-electron chi connectivity index (χ0n) is 15.6. The van der Waals surface area contributed by atoms with Gasteiger partial charge in [0.05, 0.1) is 4.90 Å². The molecular formula is C19H32O2S2. The van der Waals surface area contributed by atoms with E-state index in [2.05, 4.69) is 41.5 Å². The van der Waals surface area contributed by atoms with E-state index in [4.69, 9.17) is 0 Å². The quantitative estimate of drug-likeness (QED) is 0.641. The summed E-state index contributed by atoms with van der Waals surface area (Å²) in [6, 6.07) is 7.25. The van der Waals surface area contributed by atoms with Crippen LogP contribution in [0.25, 0.3) is 0 Å². The van der Waals surface area contributed by atoms with Crippen LogP contribution in [0.5, 0.6) is 0 Å². The van der Waals surface area contributed by atoms with Gasteiger partial charge in [0.1, 0.15) is 4.58 Å². The van der Waals surface area contributed by atoms with Gasteiger partial charge in [0.15, 0.2) is 9.84 Å². The SMILES string of the molecule is CCC(C)CS[C@@H]([C@H](C)C(C)(C)C)S(=O)(=O)c1ccc(C)cc1. The summed E-state index contributed by atoms with van der Waals surface area (Å²) in [5, 5.41) is 0. The second kappa shape index (κ2) is 8.06. The Labute approximate surface area is 147 Å². The predicted molar refractivity (Wildman–Crippen MR) is 103 cm³/mol. The Morgan fingerprint density at radius 2 is 1.61 bits per heavy atom. The summed E-state index contributed by atoms with van der Waals surface area (Å²) in [5.74, 6) is 1.48. The number of hydrogen-bond donors (Lipinski definition) is 0. The van der Waals surface area contributed by atoms with Gasteiger partial charge in [-0.1, -0.05) is 65.7 Å². The van der Waals surface area contributed by atoms with E-state index in [1.54, 1.807) is 23.9 Å². The van der Waals surface area contributed by atoms with E-state index < -0.39 is 14.4 Å². The lowest BCUT2D eigenvalue weighted by Crippen LogP contribution is -2.34. The van der Waals surface area contributed by atoms with Crippen LogP contribution in [0.4, 0.5) is 0 Å². The van der Waals surface area contributed by atoms with Gasteiger partial charge in [-0.15, -0.1) is 11.8 Å². The number of thioether (sulfide) groups is 1. The van der Waals surface area contributed by atoms with E-state index >= 15 is 0 Å². The molecule has 1 aromatic rings. The maximum Gasteiger partial charge on any atom is 0.190 e. The van der Waals surface area contributed by atoms with Crippen molar-refractivity contribution in [3.63, 3.8) is 0 Å². The van der Waals surface area contributed by atoms with Crippen LogP contribution in [0.2, 0.25) is 0 Å². The predicted octanol–water partition coefficient (Wildman–Crippen LogP) is 5.56. The van der Waals surface area contributed by atoms with E-state index in [0.717, 1.165) is 17.7 Å². The molecule has 0 aliphatic rings. The third-order valence-corrected chi connectivity index (χ3v) is 9.29. The Kier molecular flexibility index (Phi) is 7.21. The van der Waals surface area contributed by atoms with E-state index in [9.17, 15) is 8.42 Å². The van der Waals surface area contributed by atoms with Crippen molar-refractivity contribution in [3.05, 3.63) is 29.8 Å². The van der Waals surface area contributed by atoms with Crippen molar-refractivity contribution in [2.24, 2.45) is 17.3 Å². The molecule has 132 valence electrons. The number of hydrogen-bond acceptors (Lipinski definition) is 3. The second-order valence-electron chi connectivity index (χ2n) is 7.73. The Balaban J connectivity index is 3.18. The molecule has 2 nitrogen and oxygen atoms in total. The summed E-state index contributed by atoms with van der Waals surface area (Å²) in [4.78, 5) is 0.445. The molecule has 1 aromatic carbocycles. The summed E-state index contributed by atoms with van der Waals surface area (Å²) >= 11 is 1.61. The average Bonchev–Trinajstić information content (AvgIpc) is 2.46. The fourth-order valence-corrected chi connectivity index (χ4v) is 6.62. The van der Waals surface area contributed by atoms with Gasteiger partial charge in [-0.05, 0) is 42.1 Å².